The summed E-state index contributed by atoms with van der Waals surface area (Å²) in [5, 5.41) is 0. The maximum atomic E-state index is 5.77. The normalized spacial score (nSPS) is 11.2. The summed E-state index contributed by atoms with van der Waals surface area (Å²) in [6.07, 6.45) is 1.67. The van der Waals surface area contributed by atoms with Crippen molar-refractivity contribution in [2.24, 2.45) is 5.84 Å². The zero-order chi connectivity index (χ0) is 14.8. The van der Waals surface area contributed by atoms with E-state index in [1.54, 1.807) is 6.20 Å². The van der Waals surface area contributed by atoms with Crippen LogP contribution in [0.15, 0.2) is 30.5 Å². The first-order valence-corrected chi connectivity index (χ1v) is 6.49. The molecular formula is C15H20N4O. The van der Waals surface area contributed by atoms with Crippen molar-refractivity contribution in [3.05, 3.63) is 41.6 Å². The van der Waals surface area contributed by atoms with Gasteiger partial charge in [0.2, 0.25) is 11.8 Å². The van der Waals surface area contributed by atoms with Crippen LogP contribution < -0.4 is 16.0 Å². The van der Waals surface area contributed by atoms with Gasteiger partial charge in [-0.05, 0) is 30.0 Å². The summed E-state index contributed by atoms with van der Waals surface area (Å²) in [4.78, 5) is 8.21. The lowest BCUT2D eigenvalue weighted by atomic mass is 9.87. The molecule has 0 aliphatic carbocycles. The van der Waals surface area contributed by atoms with E-state index in [0.29, 0.717) is 11.8 Å². The van der Waals surface area contributed by atoms with Crippen LogP contribution in [0.2, 0.25) is 0 Å². The number of aryl methyl sites for hydroxylation is 1. The van der Waals surface area contributed by atoms with Gasteiger partial charge in [-0.25, -0.2) is 10.8 Å². The lowest BCUT2D eigenvalue weighted by Gasteiger charge is -2.19. The van der Waals surface area contributed by atoms with Gasteiger partial charge in [0, 0.05) is 11.8 Å². The van der Waals surface area contributed by atoms with E-state index in [0.717, 1.165) is 11.3 Å². The third kappa shape index (κ3) is 3.24. The number of hydrogen-bond donors (Lipinski definition) is 2. The molecule has 0 radical (unpaired) electrons. The Morgan fingerprint density at radius 1 is 1.15 bits per heavy atom. The Labute approximate surface area is 119 Å². The quantitative estimate of drug-likeness (QED) is 0.663. The number of aromatic nitrogens is 2. The molecule has 0 aliphatic heterocycles. The van der Waals surface area contributed by atoms with Crippen LogP contribution in [-0.2, 0) is 5.41 Å². The van der Waals surface area contributed by atoms with Gasteiger partial charge in [-0.3, -0.25) is 5.43 Å². The minimum atomic E-state index is 0.125. The second-order valence-corrected chi connectivity index (χ2v) is 5.70. The molecule has 2 rings (SSSR count). The molecule has 20 heavy (non-hydrogen) atoms. The molecule has 1 aromatic carbocycles. The summed E-state index contributed by atoms with van der Waals surface area (Å²) < 4.78 is 5.77. The molecule has 2 aromatic rings. The van der Waals surface area contributed by atoms with E-state index in [2.05, 4.69) is 48.3 Å². The number of hydrazine groups is 1. The molecule has 5 nitrogen and oxygen atoms in total. The Kier molecular flexibility index (Phi) is 3.90. The fourth-order valence-electron chi connectivity index (χ4n) is 1.73. The third-order valence-electron chi connectivity index (χ3n) is 2.99. The highest BCUT2D eigenvalue weighted by Gasteiger charge is 2.13. The average Bonchev–Trinajstić information content (AvgIpc) is 2.41. The van der Waals surface area contributed by atoms with Gasteiger partial charge < -0.3 is 4.74 Å². The zero-order valence-electron chi connectivity index (χ0n) is 12.3. The van der Waals surface area contributed by atoms with Gasteiger partial charge in [0.25, 0.3) is 0 Å². The van der Waals surface area contributed by atoms with E-state index in [9.17, 15) is 0 Å². The number of benzene rings is 1. The number of nitrogen functional groups attached to an aromatic ring is 1. The van der Waals surface area contributed by atoms with E-state index in [4.69, 9.17) is 10.6 Å². The van der Waals surface area contributed by atoms with Crippen LogP contribution in [0.1, 0.15) is 31.9 Å². The Bertz CT molecular complexity index is 588. The summed E-state index contributed by atoms with van der Waals surface area (Å²) in [5.74, 6) is 6.87. The first-order chi connectivity index (χ1) is 9.40. The molecule has 0 fully saturated rings. The molecule has 0 saturated heterocycles. The number of nitrogens with two attached hydrogens (primary N) is 1. The fraction of sp³-hybridized carbons (Fsp3) is 0.333. The molecule has 0 unspecified atom stereocenters. The van der Waals surface area contributed by atoms with Crippen LogP contribution in [0.25, 0.3) is 0 Å². The topological polar surface area (TPSA) is 73.1 Å². The van der Waals surface area contributed by atoms with E-state index in [1.807, 2.05) is 19.1 Å². The van der Waals surface area contributed by atoms with Crippen molar-refractivity contribution in [3.63, 3.8) is 0 Å². The zero-order valence-corrected chi connectivity index (χ0v) is 12.3. The van der Waals surface area contributed by atoms with Crippen LogP contribution in [0, 0.1) is 6.92 Å². The van der Waals surface area contributed by atoms with Crippen molar-refractivity contribution in [2.75, 3.05) is 5.43 Å². The first kappa shape index (κ1) is 14.3. The molecule has 0 amide bonds. The van der Waals surface area contributed by atoms with Crippen molar-refractivity contribution >= 4 is 5.95 Å². The molecule has 5 heteroatoms. The number of rotatable bonds is 3. The van der Waals surface area contributed by atoms with Crippen molar-refractivity contribution in [1.82, 2.24) is 9.97 Å². The minimum absolute atomic E-state index is 0.125. The SMILES string of the molecule is Cc1cnc(NN)nc1Oc1ccc(C(C)(C)C)cc1. The monoisotopic (exact) mass is 272 g/mol. The molecule has 0 atom stereocenters. The molecule has 0 spiro atoms. The predicted molar refractivity (Wildman–Crippen MR) is 79.8 cm³/mol. The average molecular weight is 272 g/mol. The maximum Gasteiger partial charge on any atom is 0.240 e. The molecule has 1 heterocycles. The van der Waals surface area contributed by atoms with Crippen LogP contribution >= 0.6 is 0 Å². The fourth-order valence-corrected chi connectivity index (χ4v) is 1.73. The van der Waals surface area contributed by atoms with E-state index in [-0.39, 0.29) is 5.41 Å². The molecule has 0 bridgehead atoms. The van der Waals surface area contributed by atoms with Gasteiger partial charge in [0.1, 0.15) is 5.75 Å². The number of nitrogens with one attached hydrogen (secondary N) is 1. The Morgan fingerprint density at radius 2 is 1.80 bits per heavy atom. The van der Waals surface area contributed by atoms with Crippen molar-refractivity contribution in [2.45, 2.75) is 33.1 Å². The Morgan fingerprint density at radius 3 is 2.35 bits per heavy atom. The van der Waals surface area contributed by atoms with Crippen LogP contribution in [0.5, 0.6) is 11.6 Å². The van der Waals surface area contributed by atoms with Gasteiger partial charge >= 0.3 is 0 Å². The second-order valence-electron chi connectivity index (χ2n) is 5.70. The lowest BCUT2D eigenvalue weighted by Crippen LogP contribution is -2.11. The van der Waals surface area contributed by atoms with E-state index < -0.39 is 0 Å². The first-order valence-electron chi connectivity index (χ1n) is 6.49. The molecule has 3 N–H and O–H groups in total. The van der Waals surface area contributed by atoms with Gasteiger partial charge in [-0.15, -0.1) is 0 Å². The number of ether oxygens (including phenoxy) is 1. The highest BCUT2D eigenvalue weighted by atomic mass is 16.5. The predicted octanol–water partition coefficient (Wildman–Crippen LogP) is 3.16. The number of anilines is 1. The van der Waals surface area contributed by atoms with E-state index in [1.165, 1.54) is 5.56 Å². The van der Waals surface area contributed by atoms with Crippen molar-refractivity contribution < 1.29 is 4.74 Å². The summed E-state index contributed by atoms with van der Waals surface area (Å²) in [7, 11) is 0. The maximum absolute atomic E-state index is 5.77. The highest BCUT2D eigenvalue weighted by molar-refractivity contribution is 5.37. The Balaban J connectivity index is 2.22. The van der Waals surface area contributed by atoms with Crippen molar-refractivity contribution in [3.8, 4) is 11.6 Å². The van der Waals surface area contributed by atoms with Crippen molar-refractivity contribution in [1.29, 1.82) is 0 Å². The highest BCUT2D eigenvalue weighted by Crippen LogP contribution is 2.27. The molecule has 106 valence electrons. The van der Waals surface area contributed by atoms with Crippen LogP contribution in [0.4, 0.5) is 5.95 Å². The number of hydrogen-bond acceptors (Lipinski definition) is 5. The third-order valence-corrected chi connectivity index (χ3v) is 2.99. The van der Waals surface area contributed by atoms with Gasteiger partial charge in [0.05, 0.1) is 0 Å². The summed E-state index contributed by atoms with van der Waals surface area (Å²) in [6.45, 7) is 8.42. The number of nitrogens with zero attached hydrogens (tertiary/aromatic N) is 2. The van der Waals surface area contributed by atoms with Crippen LogP contribution in [0.3, 0.4) is 0 Å². The smallest absolute Gasteiger partial charge is 0.240 e. The molecule has 0 saturated carbocycles. The minimum Gasteiger partial charge on any atom is -0.439 e. The summed E-state index contributed by atoms with van der Waals surface area (Å²) >= 11 is 0. The second kappa shape index (κ2) is 5.46. The summed E-state index contributed by atoms with van der Waals surface area (Å²) in [6, 6.07) is 8.01. The standard InChI is InChI=1S/C15H20N4O/c1-10-9-17-14(19-16)18-13(10)20-12-7-5-11(6-8-12)15(2,3)4/h5-9H,16H2,1-4H3,(H,17,18,19). The Hall–Kier alpha value is -2.14. The van der Waals surface area contributed by atoms with Gasteiger partial charge in [-0.2, -0.15) is 4.98 Å². The lowest BCUT2D eigenvalue weighted by molar-refractivity contribution is 0.457. The van der Waals surface area contributed by atoms with Gasteiger partial charge in [-0.1, -0.05) is 32.9 Å². The molecular weight excluding hydrogens is 252 g/mol. The van der Waals surface area contributed by atoms with Gasteiger partial charge in [0.15, 0.2) is 0 Å². The molecule has 1 aromatic heterocycles. The summed E-state index contributed by atoms with van der Waals surface area (Å²) in [5.41, 5.74) is 4.64. The van der Waals surface area contributed by atoms with Crippen LogP contribution in [-0.4, -0.2) is 9.97 Å². The largest absolute Gasteiger partial charge is 0.439 e. The van der Waals surface area contributed by atoms with E-state index >= 15 is 0 Å². The molecule has 0 aliphatic rings.